The zero-order chi connectivity index (χ0) is 13.9. The van der Waals surface area contributed by atoms with Gasteiger partial charge >= 0.3 is 0 Å². The van der Waals surface area contributed by atoms with Gasteiger partial charge in [0.05, 0.1) is 0 Å². The van der Waals surface area contributed by atoms with E-state index in [-0.39, 0.29) is 11.4 Å². The van der Waals surface area contributed by atoms with Crippen molar-refractivity contribution in [3.05, 3.63) is 28.8 Å². The van der Waals surface area contributed by atoms with Crippen LogP contribution in [0.2, 0.25) is 0 Å². The molecule has 1 aromatic carbocycles. The highest BCUT2D eigenvalue weighted by molar-refractivity contribution is 5.92. The minimum Gasteiger partial charge on any atom is -0.326 e. The van der Waals surface area contributed by atoms with Crippen molar-refractivity contribution in [2.75, 3.05) is 5.32 Å². The first kappa shape index (κ1) is 14.7. The van der Waals surface area contributed by atoms with Gasteiger partial charge in [0, 0.05) is 17.6 Å². The molecule has 18 heavy (non-hydrogen) atoms. The van der Waals surface area contributed by atoms with Gasteiger partial charge in [-0.15, -0.1) is 0 Å². The fraction of sp³-hybridized carbons (Fsp3) is 0.533. The molecule has 100 valence electrons. The molecule has 0 aromatic heterocycles. The van der Waals surface area contributed by atoms with Crippen LogP contribution in [0.15, 0.2) is 12.1 Å². The van der Waals surface area contributed by atoms with E-state index in [1.807, 2.05) is 27.7 Å². The molecule has 0 unspecified atom stereocenters. The molecule has 3 heteroatoms. The standard InChI is InChI=1S/C15H24N2O/c1-10-8-11(2)14(12(3)9-10)17-13(18)6-7-15(4,5)16/h8-9H,6-7,16H2,1-5H3,(H,17,18). The van der Waals surface area contributed by atoms with E-state index in [4.69, 9.17) is 5.73 Å². The molecule has 1 rings (SSSR count). The molecule has 0 aliphatic heterocycles. The molecular weight excluding hydrogens is 224 g/mol. The first-order valence-corrected chi connectivity index (χ1v) is 6.35. The number of carbonyl (C=O) groups excluding carboxylic acids is 1. The summed E-state index contributed by atoms with van der Waals surface area (Å²) in [5.74, 6) is 0.0311. The van der Waals surface area contributed by atoms with Crippen molar-refractivity contribution in [2.24, 2.45) is 5.73 Å². The van der Waals surface area contributed by atoms with Crippen LogP contribution >= 0.6 is 0 Å². The summed E-state index contributed by atoms with van der Waals surface area (Å²) in [7, 11) is 0. The van der Waals surface area contributed by atoms with Crippen molar-refractivity contribution >= 4 is 11.6 Å². The third-order valence-corrected chi connectivity index (χ3v) is 2.94. The van der Waals surface area contributed by atoms with E-state index in [1.165, 1.54) is 5.56 Å². The quantitative estimate of drug-likeness (QED) is 0.860. The largest absolute Gasteiger partial charge is 0.326 e. The van der Waals surface area contributed by atoms with E-state index >= 15 is 0 Å². The molecule has 0 radical (unpaired) electrons. The Morgan fingerprint density at radius 1 is 1.22 bits per heavy atom. The number of nitrogens with two attached hydrogens (primary N) is 1. The predicted molar refractivity (Wildman–Crippen MR) is 76.8 cm³/mol. The molecule has 0 saturated heterocycles. The molecule has 0 aliphatic rings. The second kappa shape index (κ2) is 5.53. The summed E-state index contributed by atoms with van der Waals surface area (Å²) in [5, 5.41) is 2.98. The van der Waals surface area contributed by atoms with Crippen LogP contribution in [0.5, 0.6) is 0 Å². The van der Waals surface area contributed by atoms with Crippen LogP contribution in [-0.4, -0.2) is 11.4 Å². The molecule has 0 spiro atoms. The maximum Gasteiger partial charge on any atom is 0.224 e. The second-order valence-corrected chi connectivity index (χ2v) is 5.81. The lowest BCUT2D eigenvalue weighted by molar-refractivity contribution is -0.116. The minimum atomic E-state index is -0.297. The molecule has 0 saturated carbocycles. The molecular formula is C15H24N2O. The number of aryl methyl sites for hydroxylation is 3. The number of nitrogens with one attached hydrogen (secondary N) is 1. The van der Waals surface area contributed by atoms with Crippen molar-refractivity contribution < 1.29 is 4.79 Å². The molecule has 3 nitrogen and oxygen atoms in total. The summed E-state index contributed by atoms with van der Waals surface area (Å²) in [5.41, 5.74) is 9.93. The first-order valence-electron chi connectivity index (χ1n) is 6.35. The number of hydrogen-bond donors (Lipinski definition) is 2. The van der Waals surface area contributed by atoms with Crippen molar-refractivity contribution in [3.8, 4) is 0 Å². The topological polar surface area (TPSA) is 55.1 Å². The van der Waals surface area contributed by atoms with Crippen molar-refractivity contribution in [3.63, 3.8) is 0 Å². The van der Waals surface area contributed by atoms with E-state index in [9.17, 15) is 4.79 Å². The Morgan fingerprint density at radius 2 is 1.72 bits per heavy atom. The number of hydrogen-bond acceptors (Lipinski definition) is 2. The van der Waals surface area contributed by atoms with E-state index in [1.54, 1.807) is 0 Å². The summed E-state index contributed by atoms with van der Waals surface area (Å²) < 4.78 is 0. The maximum absolute atomic E-state index is 11.9. The van der Waals surface area contributed by atoms with Gasteiger partial charge in [-0.2, -0.15) is 0 Å². The molecule has 0 heterocycles. The summed E-state index contributed by atoms with van der Waals surface area (Å²) in [6, 6.07) is 4.16. The van der Waals surface area contributed by atoms with Gasteiger partial charge < -0.3 is 11.1 Å². The number of anilines is 1. The summed E-state index contributed by atoms with van der Waals surface area (Å²) >= 11 is 0. The Bertz CT molecular complexity index is 421. The Morgan fingerprint density at radius 3 is 2.17 bits per heavy atom. The minimum absolute atomic E-state index is 0.0311. The van der Waals surface area contributed by atoms with E-state index in [2.05, 4.69) is 24.4 Å². The smallest absolute Gasteiger partial charge is 0.224 e. The van der Waals surface area contributed by atoms with Gasteiger partial charge in [0.2, 0.25) is 5.91 Å². The van der Waals surface area contributed by atoms with Gasteiger partial charge in [0.25, 0.3) is 0 Å². The lowest BCUT2D eigenvalue weighted by Gasteiger charge is -2.18. The summed E-state index contributed by atoms with van der Waals surface area (Å²) in [6.07, 6.45) is 1.14. The second-order valence-electron chi connectivity index (χ2n) is 5.81. The van der Waals surface area contributed by atoms with Crippen molar-refractivity contribution in [1.29, 1.82) is 0 Å². The molecule has 1 aromatic rings. The fourth-order valence-electron chi connectivity index (χ4n) is 2.01. The Labute approximate surface area is 110 Å². The highest BCUT2D eigenvalue weighted by Gasteiger charge is 2.14. The Kier molecular flexibility index (Phi) is 4.52. The van der Waals surface area contributed by atoms with E-state index in [0.29, 0.717) is 12.8 Å². The lowest BCUT2D eigenvalue weighted by atomic mass is 9.99. The van der Waals surface area contributed by atoms with Gasteiger partial charge in [-0.1, -0.05) is 17.7 Å². The zero-order valence-electron chi connectivity index (χ0n) is 12.1. The SMILES string of the molecule is Cc1cc(C)c(NC(=O)CCC(C)(C)N)c(C)c1. The number of amides is 1. The van der Waals surface area contributed by atoms with Crippen LogP contribution in [0.4, 0.5) is 5.69 Å². The maximum atomic E-state index is 11.9. The van der Waals surface area contributed by atoms with Gasteiger partial charge in [0.15, 0.2) is 0 Å². The zero-order valence-corrected chi connectivity index (χ0v) is 12.1. The third-order valence-electron chi connectivity index (χ3n) is 2.94. The third kappa shape index (κ3) is 4.49. The molecule has 0 aliphatic carbocycles. The van der Waals surface area contributed by atoms with Crippen LogP contribution in [0, 0.1) is 20.8 Å². The van der Waals surface area contributed by atoms with Gasteiger partial charge in [0.1, 0.15) is 0 Å². The summed E-state index contributed by atoms with van der Waals surface area (Å²) in [6.45, 7) is 9.96. The highest BCUT2D eigenvalue weighted by Crippen LogP contribution is 2.22. The van der Waals surface area contributed by atoms with Crippen molar-refractivity contribution in [2.45, 2.75) is 53.0 Å². The Hall–Kier alpha value is -1.35. The van der Waals surface area contributed by atoms with Crippen molar-refractivity contribution in [1.82, 2.24) is 0 Å². The fourth-order valence-corrected chi connectivity index (χ4v) is 2.01. The first-order chi connectivity index (χ1) is 8.19. The van der Waals surface area contributed by atoms with E-state index in [0.717, 1.165) is 16.8 Å². The lowest BCUT2D eigenvalue weighted by Crippen LogP contribution is -2.33. The number of rotatable bonds is 4. The van der Waals surface area contributed by atoms with Gasteiger partial charge in [-0.05, 0) is 52.2 Å². The molecule has 3 N–H and O–H groups in total. The normalized spacial score (nSPS) is 11.4. The van der Waals surface area contributed by atoms with Crippen LogP contribution in [0.3, 0.4) is 0 Å². The average molecular weight is 248 g/mol. The summed E-state index contributed by atoms with van der Waals surface area (Å²) in [4.78, 5) is 11.9. The molecule has 1 amide bonds. The van der Waals surface area contributed by atoms with Crippen LogP contribution in [0.1, 0.15) is 43.4 Å². The van der Waals surface area contributed by atoms with E-state index < -0.39 is 0 Å². The number of carbonyl (C=O) groups is 1. The van der Waals surface area contributed by atoms with Gasteiger partial charge in [-0.3, -0.25) is 4.79 Å². The average Bonchev–Trinajstić information content (AvgIpc) is 2.19. The molecule has 0 bridgehead atoms. The Balaban J connectivity index is 2.71. The highest BCUT2D eigenvalue weighted by atomic mass is 16.1. The van der Waals surface area contributed by atoms with Crippen LogP contribution in [-0.2, 0) is 4.79 Å². The monoisotopic (exact) mass is 248 g/mol. The molecule has 0 fully saturated rings. The molecule has 0 atom stereocenters. The van der Waals surface area contributed by atoms with Crippen LogP contribution < -0.4 is 11.1 Å². The predicted octanol–water partition coefficient (Wildman–Crippen LogP) is 3.07. The van der Waals surface area contributed by atoms with Gasteiger partial charge in [-0.25, -0.2) is 0 Å². The number of benzene rings is 1. The van der Waals surface area contributed by atoms with Crippen LogP contribution in [0.25, 0.3) is 0 Å².